The van der Waals surface area contributed by atoms with Gasteiger partial charge in [-0.25, -0.2) is 4.68 Å². The molecule has 142 valence electrons. The standard InChI is InChI=1S/C21H20ClN5O/c1-25-8-10-26(11-9-25)16-6-7-17-19(12-16)23-13-18-20(17)24-27(21(18)28)15-4-2-14(22)3-5-15/h2-7,12-13,24H,8-11H2,1H3. The highest BCUT2D eigenvalue weighted by molar-refractivity contribution is 6.30. The van der Waals surface area contributed by atoms with E-state index in [-0.39, 0.29) is 5.56 Å². The molecule has 1 N–H and O–H groups in total. The Morgan fingerprint density at radius 3 is 2.43 bits per heavy atom. The minimum Gasteiger partial charge on any atom is -0.369 e. The number of anilines is 1. The molecule has 4 aromatic rings. The molecule has 0 spiro atoms. The summed E-state index contributed by atoms with van der Waals surface area (Å²) in [5, 5.41) is 5.41. The molecule has 1 aliphatic heterocycles. The van der Waals surface area contributed by atoms with Crippen LogP contribution in [0.15, 0.2) is 53.5 Å². The van der Waals surface area contributed by atoms with Crippen molar-refractivity contribution in [3.8, 4) is 5.69 Å². The number of aromatic nitrogens is 3. The van der Waals surface area contributed by atoms with E-state index in [1.54, 1.807) is 18.3 Å². The SMILES string of the molecule is CN1CCN(c2ccc3c(c2)ncc2c(=O)n(-c4ccc(Cl)cc4)[nH]c23)CC1. The normalized spacial score (nSPS) is 15.6. The van der Waals surface area contributed by atoms with Crippen LogP contribution >= 0.6 is 11.6 Å². The van der Waals surface area contributed by atoms with Crippen LogP contribution in [0.4, 0.5) is 5.69 Å². The molecular weight excluding hydrogens is 374 g/mol. The molecule has 0 amide bonds. The summed E-state index contributed by atoms with van der Waals surface area (Å²) in [6, 6.07) is 13.5. The number of H-pyrrole nitrogens is 1. The molecule has 0 unspecified atom stereocenters. The fourth-order valence-electron chi connectivity index (χ4n) is 3.78. The summed E-state index contributed by atoms with van der Waals surface area (Å²) >= 11 is 5.97. The van der Waals surface area contributed by atoms with Gasteiger partial charge in [0, 0.05) is 48.5 Å². The molecule has 0 radical (unpaired) electrons. The molecule has 0 atom stereocenters. The van der Waals surface area contributed by atoms with Gasteiger partial charge in [-0.2, -0.15) is 0 Å². The summed E-state index contributed by atoms with van der Waals surface area (Å²) in [5.74, 6) is 0. The zero-order valence-electron chi connectivity index (χ0n) is 15.5. The molecule has 1 fully saturated rings. The van der Waals surface area contributed by atoms with Gasteiger partial charge in [-0.1, -0.05) is 11.6 Å². The van der Waals surface area contributed by atoms with Crippen molar-refractivity contribution in [3.05, 3.63) is 64.0 Å². The van der Waals surface area contributed by atoms with Gasteiger partial charge in [-0.3, -0.25) is 14.9 Å². The van der Waals surface area contributed by atoms with E-state index < -0.39 is 0 Å². The van der Waals surface area contributed by atoms with E-state index in [4.69, 9.17) is 11.6 Å². The van der Waals surface area contributed by atoms with Crippen molar-refractivity contribution in [2.75, 3.05) is 38.1 Å². The quantitative estimate of drug-likeness (QED) is 0.568. The Morgan fingerprint density at radius 2 is 1.68 bits per heavy atom. The number of likely N-dealkylation sites (N-methyl/N-ethyl adjacent to an activating group) is 1. The van der Waals surface area contributed by atoms with Crippen LogP contribution < -0.4 is 10.5 Å². The lowest BCUT2D eigenvalue weighted by Gasteiger charge is -2.34. The van der Waals surface area contributed by atoms with Gasteiger partial charge in [0.05, 0.1) is 22.1 Å². The molecule has 6 nitrogen and oxygen atoms in total. The molecule has 7 heteroatoms. The summed E-state index contributed by atoms with van der Waals surface area (Å²) < 4.78 is 1.54. The third-order valence-corrected chi connectivity index (χ3v) is 5.72. The minimum absolute atomic E-state index is 0.116. The van der Waals surface area contributed by atoms with Crippen molar-refractivity contribution in [3.63, 3.8) is 0 Å². The molecule has 3 heterocycles. The maximum atomic E-state index is 12.8. The average Bonchev–Trinajstić information content (AvgIpc) is 3.06. The Morgan fingerprint density at radius 1 is 0.964 bits per heavy atom. The highest BCUT2D eigenvalue weighted by Gasteiger charge is 2.16. The number of rotatable bonds is 2. The van der Waals surface area contributed by atoms with E-state index in [2.05, 4.69) is 45.1 Å². The van der Waals surface area contributed by atoms with Crippen LogP contribution in [0.25, 0.3) is 27.5 Å². The lowest BCUT2D eigenvalue weighted by Crippen LogP contribution is -2.44. The lowest BCUT2D eigenvalue weighted by molar-refractivity contribution is 0.313. The number of halogens is 1. The Bertz CT molecular complexity index is 1220. The monoisotopic (exact) mass is 393 g/mol. The van der Waals surface area contributed by atoms with Crippen LogP contribution in [-0.2, 0) is 0 Å². The number of fused-ring (bicyclic) bond motifs is 3. The second-order valence-corrected chi connectivity index (χ2v) is 7.70. The zero-order chi connectivity index (χ0) is 19.3. The van der Waals surface area contributed by atoms with Gasteiger partial charge in [-0.05, 0) is 49.5 Å². The van der Waals surface area contributed by atoms with Gasteiger partial charge in [-0.15, -0.1) is 0 Å². The third-order valence-electron chi connectivity index (χ3n) is 5.46. The highest BCUT2D eigenvalue weighted by Crippen LogP contribution is 2.26. The molecule has 28 heavy (non-hydrogen) atoms. The van der Waals surface area contributed by atoms with Crippen molar-refractivity contribution in [2.24, 2.45) is 0 Å². The molecule has 1 saturated heterocycles. The first-order chi connectivity index (χ1) is 13.6. The molecular formula is C21H20ClN5O. The van der Waals surface area contributed by atoms with Crippen LogP contribution in [0.3, 0.4) is 0 Å². The number of piperazine rings is 1. The number of hydrogen-bond acceptors (Lipinski definition) is 4. The second kappa shape index (κ2) is 6.65. The number of hydrogen-bond donors (Lipinski definition) is 1. The van der Waals surface area contributed by atoms with Gasteiger partial charge in [0.25, 0.3) is 5.56 Å². The third kappa shape index (κ3) is 2.85. The van der Waals surface area contributed by atoms with E-state index in [0.29, 0.717) is 10.4 Å². The van der Waals surface area contributed by atoms with Crippen LogP contribution in [0.1, 0.15) is 0 Å². The van der Waals surface area contributed by atoms with Crippen LogP contribution in [0.2, 0.25) is 5.02 Å². The second-order valence-electron chi connectivity index (χ2n) is 7.27. The topological polar surface area (TPSA) is 57.2 Å². The Balaban J connectivity index is 1.60. The van der Waals surface area contributed by atoms with E-state index in [9.17, 15) is 4.79 Å². The highest BCUT2D eigenvalue weighted by atomic mass is 35.5. The number of pyridine rings is 1. The van der Waals surface area contributed by atoms with E-state index in [1.807, 2.05) is 12.1 Å². The Labute approximate surface area is 166 Å². The van der Waals surface area contributed by atoms with E-state index in [0.717, 1.165) is 48.3 Å². The summed E-state index contributed by atoms with van der Waals surface area (Å²) in [7, 11) is 2.15. The molecule has 0 bridgehead atoms. The van der Waals surface area contributed by atoms with E-state index in [1.165, 1.54) is 10.4 Å². The van der Waals surface area contributed by atoms with Crippen molar-refractivity contribution >= 4 is 39.1 Å². The number of benzene rings is 2. The molecule has 0 saturated carbocycles. The summed E-state index contributed by atoms with van der Waals surface area (Å²) in [5.41, 5.74) is 3.48. The summed E-state index contributed by atoms with van der Waals surface area (Å²) in [6.07, 6.45) is 1.66. The van der Waals surface area contributed by atoms with Gasteiger partial charge in [0.2, 0.25) is 0 Å². The largest absolute Gasteiger partial charge is 0.369 e. The predicted octanol–water partition coefficient (Wildman–Crippen LogP) is 3.27. The van der Waals surface area contributed by atoms with Crippen LogP contribution in [-0.4, -0.2) is 52.9 Å². The van der Waals surface area contributed by atoms with Gasteiger partial charge < -0.3 is 9.80 Å². The maximum absolute atomic E-state index is 12.8. The fraction of sp³-hybridized carbons (Fsp3) is 0.238. The molecule has 0 aliphatic carbocycles. The van der Waals surface area contributed by atoms with E-state index >= 15 is 0 Å². The first-order valence-corrected chi connectivity index (χ1v) is 9.71. The zero-order valence-corrected chi connectivity index (χ0v) is 16.3. The van der Waals surface area contributed by atoms with Crippen LogP contribution in [0.5, 0.6) is 0 Å². The van der Waals surface area contributed by atoms with Crippen LogP contribution in [0, 0.1) is 0 Å². The number of aromatic amines is 1. The molecule has 1 aliphatic rings. The van der Waals surface area contributed by atoms with Crippen molar-refractivity contribution in [1.82, 2.24) is 19.7 Å². The van der Waals surface area contributed by atoms with Gasteiger partial charge in [0.15, 0.2) is 0 Å². The number of nitrogens with zero attached hydrogens (tertiary/aromatic N) is 4. The molecule has 2 aromatic heterocycles. The minimum atomic E-state index is -0.116. The molecule has 2 aromatic carbocycles. The smallest absolute Gasteiger partial charge is 0.280 e. The number of nitrogens with one attached hydrogen (secondary N) is 1. The maximum Gasteiger partial charge on any atom is 0.280 e. The average molecular weight is 394 g/mol. The first-order valence-electron chi connectivity index (χ1n) is 9.33. The Kier molecular flexibility index (Phi) is 4.10. The molecule has 5 rings (SSSR count). The first kappa shape index (κ1) is 17.3. The van der Waals surface area contributed by atoms with Crippen molar-refractivity contribution < 1.29 is 0 Å². The van der Waals surface area contributed by atoms with Crippen molar-refractivity contribution in [2.45, 2.75) is 0 Å². The van der Waals surface area contributed by atoms with Gasteiger partial charge >= 0.3 is 0 Å². The Hall–Kier alpha value is -2.83. The summed E-state index contributed by atoms with van der Waals surface area (Å²) in [4.78, 5) is 22.1. The predicted molar refractivity (Wildman–Crippen MR) is 114 cm³/mol. The lowest BCUT2D eigenvalue weighted by atomic mass is 10.1. The summed E-state index contributed by atoms with van der Waals surface area (Å²) in [6.45, 7) is 4.13. The fourth-order valence-corrected chi connectivity index (χ4v) is 3.91. The van der Waals surface area contributed by atoms with Gasteiger partial charge in [0.1, 0.15) is 0 Å². The van der Waals surface area contributed by atoms with Crippen molar-refractivity contribution in [1.29, 1.82) is 0 Å².